The maximum Gasteiger partial charge on any atom is 0.266 e. The van der Waals surface area contributed by atoms with E-state index < -0.39 is 0 Å². The van der Waals surface area contributed by atoms with E-state index in [2.05, 4.69) is 37.1 Å². The summed E-state index contributed by atoms with van der Waals surface area (Å²) >= 11 is 0. The summed E-state index contributed by atoms with van der Waals surface area (Å²) in [7, 11) is 0. The van der Waals surface area contributed by atoms with Gasteiger partial charge in [0.15, 0.2) is 0 Å². The fraction of sp³-hybridized carbons (Fsp3) is 0.778. The summed E-state index contributed by atoms with van der Waals surface area (Å²) < 4.78 is 0. The molecule has 1 N–H and O–H groups in total. The summed E-state index contributed by atoms with van der Waals surface area (Å²) in [6, 6.07) is 2.61. The van der Waals surface area contributed by atoms with E-state index in [1.54, 1.807) is 4.90 Å². The van der Waals surface area contributed by atoms with Gasteiger partial charge in [0.1, 0.15) is 11.6 Å². The van der Waals surface area contributed by atoms with Crippen molar-refractivity contribution < 1.29 is 4.79 Å². The Bertz CT molecular complexity index is 556. The van der Waals surface area contributed by atoms with Crippen molar-refractivity contribution in [1.29, 1.82) is 5.26 Å². The number of hydrogen-bond donors (Lipinski definition) is 1. The van der Waals surface area contributed by atoms with Gasteiger partial charge in [-0.15, -0.1) is 0 Å². The molecule has 2 bridgehead atoms. The van der Waals surface area contributed by atoms with Crippen molar-refractivity contribution in [3.63, 3.8) is 0 Å². The van der Waals surface area contributed by atoms with Crippen LogP contribution in [0.1, 0.15) is 40.0 Å². The SMILES string of the molecule is CC1(C)CC2CC(C)(CN2/C=C(/C#N)C(=O)N2CCNCC2)C1. The zero-order valence-corrected chi connectivity index (χ0v) is 14.6. The first-order chi connectivity index (χ1) is 10.8. The lowest BCUT2D eigenvalue weighted by atomic mass is 9.65. The quantitative estimate of drug-likeness (QED) is 0.622. The van der Waals surface area contributed by atoms with Crippen LogP contribution in [0, 0.1) is 22.2 Å². The number of carbonyl (C=O) groups is 1. The van der Waals surface area contributed by atoms with Crippen molar-refractivity contribution in [3.8, 4) is 6.07 Å². The zero-order chi connectivity index (χ0) is 16.7. The Morgan fingerprint density at radius 1 is 1.26 bits per heavy atom. The fourth-order valence-corrected chi connectivity index (χ4v) is 4.99. The Morgan fingerprint density at radius 3 is 2.61 bits per heavy atom. The van der Waals surface area contributed by atoms with Crippen LogP contribution in [-0.2, 0) is 4.79 Å². The molecular weight excluding hydrogens is 288 g/mol. The highest BCUT2D eigenvalue weighted by Crippen LogP contribution is 2.52. The fourth-order valence-electron chi connectivity index (χ4n) is 4.99. The van der Waals surface area contributed by atoms with Gasteiger partial charge < -0.3 is 15.1 Å². The highest BCUT2D eigenvalue weighted by molar-refractivity contribution is 5.97. The lowest BCUT2D eigenvalue weighted by Gasteiger charge is -2.39. The molecule has 2 atom stereocenters. The lowest BCUT2D eigenvalue weighted by molar-refractivity contribution is -0.127. The van der Waals surface area contributed by atoms with Gasteiger partial charge in [0.25, 0.3) is 5.91 Å². The first kappa shape index (κ1) is 16.3. The van der Waals surface area contributed by atoms with Crippen molar-refractivity contribution in [2.45, 2.75) is 46.1 Å². The molecule has 2 saturated heterocycles. The number of rotatable bonds is 2. The molecule has 3 aliphatic rings. The second kappa shape index (κ2) is 5.83. The minimum Gasteiger partial charge on any atom is -0.373 e. The van der Waals surface area contributed by atoms with Crippen LogP contribution in [0.2, 0.25) is 0 Å². The van der Waals surface area contributed by atoms with Crippen LogP contribution >= 0.6 is 0 Å². The van der Waals surface area contributed by atoms with Crippen molar-refractivity contribution in [1.82, 2.24) is 15.1 Å². The number of nitrogens with one attached hydrogen (secondary N) is 1. The van der Waals surface area contributed by atoms with Gasteiger partial charge in [-0.05, 0) is 30.1 Å². The topological polar surface area (TPSA) is 59.4 Å². The molecule has 1 amide bonds. The Balaban J connectivity index is 1.77. The predicted octanol–water partition coefficient (Wildman–Crippen LogP) is 1.73. The Morgan fingerprint density at radius 2 is 1.96 bits per heavy atom. The van der Waals surface area contributed by atoms with Gasteiger partial charge >= 0.3 is 0 Å². The molecule has 0 aromatic carbocycles. The van der Waals surface area contributed by atoms with E-state index in [1.165, 1.54) is 12.8 Å². The molecule has 23 heavy (non-hydrogen) atoms. The van der Waals surface area contributed by atoms with Gasteiger partial charge in [-0.2, -0.15) is 5.26 Å². The van der Waals surface area contributed by atoms with Crippen molar-refractivity contribution in [2.24, 2.45) is 10.8 Å². The van der Waals surface area contributed by atoms with Gasteiger partial charge in [0.2, 0.25) is 0 Å². The summed E-state index contributed by atoms with van der Waals surface area (Å²) in [5.74, 6) is -0.111. The second-order valence-electron chi connectivity index (χ2n) is 8.58. The summed E-state index contributed by atoms with van der Waals surface area (Å²) in [4.78, 5) is 16.7. The molecule has 5 nitrogen and oxygen atoms in total. The molecule has 1 saturated carbocycles. The van der Waals surface area contributed by atoms with Gasteiger partial charge in [0.05, 0.1) is 0 Å². The molecule has 126 valence electrons. The van der Waals surface area contributed by atoms with Gasteiger partial charge in [-0.25, -0.2) is 0 Å². The van der Waals surface area contributed by atoms with Crippen LogP contribution in [0.25, 0.3) is 0 Å². The molecule has 2 aliphatic heterocycles. The minimum absolute atomic E-state index is 0.111. The molecule has 3 rings (SSSR count). The molecule has 2 unspecified atom stereocenters. The monoisotopic (exact) mass is 316 g/mol. The second-order valence-corrected chi connectivity index (χ2v) is 8.58. The number of hydrogen-bond acceptors (Lipinski definition) is 4. The summed E-state index contributed by atoms with van der Waals surface area (Å²) in [5.41, 5.74) is 0.942. The Hall–Kier alpha value is -1.54. The third-order valence-corrected chi connectivity index (χ3v) is 5.51. The number of amides is 1. The van der Waals surface area contributed by atoms with Crippen LogP contribution < -0.4 is 5.32 Å². The molecule has 0 aromatic heterocycles. The summed E-state index contributed by atoms with van der Waals surface area (Å²) in [6.45, 7) is 11.0. The average Bonchev–Trinajstić information content (AvgIpc) is 2.73. The number of piperazine rings is 1. The third-order valence-electron chi connectivity index (χ3n) is 5.51. The lowest BCUT2D eigenvalue weighted by Crippen LogP contribution is -2.47. The van der Waals surface area contributed by atoms with E-state index in [-0.39, 0.29) is 5.91 Å². The Kier molecular flexibility index (Phi) is 4.14. The number of carbonyl (C=O) groups excluding carboxylic acids is 1. The van der Waals surface area contributed by atoms with E-state index in [9.17, 15) is 10.1 Å². The maximum atomic E-state index is 12.6. The van der Waals surface area contributed by atoms with E-state index >= 15 is 0 Å². The van der Waals surface area contributed by atoms with Crippen LogP contribution in [0.4, 0.5) is 0 Å². The normalized spacial score (nSPS) is 33.5. The first-order valence-electron chi connectivity index (χ1n) is 8.70. The molecule has 5 heteroatoms. The van der Waals surface area contributed by atoms with E-state index in [4.69, 9.17) is 0 Å². The van der Waals surface area contributed by atoms with E-state index in [0.717, 1.165) is 26.1 Å². The summed E-state index contributed by atoms with van der Waals surface area (Å²) in [6.07, 6.45) is 5.38. The largest absolute Gasteiger partial charge is 0.373 e. The molecule has 0 aromatic rings. The van der Waals surface area contributed by atoms with Gasteiger partial charge in [-0.3, -0.25) is 4.79 Å². The molecular formula is C18H28N4O. The van der Waals surface area contributed by atoms with Crippen LogP contribution in [0.5, 0.6) is 0 Å². The highest BCUT2D eigenvalue weighted by atomic mass is 16.2. The average molecular weight is 316 g/mol. The van der Waals surface area contributed by atoms with Gasteiger partial charge in [-0.1, -0.05) is 20.8 Å². The summed E-state index contributed by atoms with van der Waals surface area (Å²) in [5, 5.41) is 12.7. The molecule has 3 fully saturated rings. The maximum absolute atomic E-state index is 12.6. The van der Waals surface area contributed by atoms with E-state index in [1.807, 2.05) is 6.20 Å². The number of fused-ring (bicyclic) bond motifs is 2. The van der Waals surface area contributed by atoms with E-state index in [0.29, 0.717) is 35.5 Å². The smallest absolute Gasteiger partial charge is 0.266 e. The number of likely N-dealkylation sites (tertiary alicyclic amines) is 1. The molecule has 1 aliphatic carbocycles. The third kappa shape index (κ3) is 3.37. The van der Waals surface area contributed by atoms with Crippen molar-refractivity contribution >= 4 is 5.91 Å². The van der Waals surface area contributed by atoms with Crippen molar-refractivity contribution in [2.75, 3.05) is 32.7 Å². The molecule has 2 heterocycles. The molecule has 0 radical (unpaired) electrons. The van der Waals surface area contributed by atoms with Crippen molar-refractivity contribution in [3.05, 3.63) is 11.8 Å². The zero-order valence-electron chi connectivity index (χ0n) is 14.6. The van der Waals surface area contributed by atoms with Crippen LogP contribution in [0.3, 0.4) is 0 Å². The van der Waals surface area contributed by atoms with Crippen LogP contribution in [-0.4, -0.2) is 54.5 Å². The van der Waals surface area contributed by atoms with Crippen LogP contribution in [0.15, 0.2) is 11.8 Å². The molecule has 0 spiro atoms. The highest BCUT2D eigenvalue weighted by Gasteiger charge is 2.49. The van der Waals surface area contributed by atoms with Gasteiger partial charge in [0, 0.05) is 45.0 Å². The standard InChI is InChI=1S/C18H28N4O/c1-17(2)8-15-9-18(3,12-17)13-22(15)11-14(10-19)16(23)21-6-4-20-5-7-21/h11,15,20H,4-9,12-13H2,1-3H3/b14-11-. The first-order valence-corrected chi connectivity index (χ1v) is 8.70. The minimum atomic E-state index is -0.111. The number of nitriles is 1. The predicted molar refractivity (Wildman–Crippen MR) is 89.4 cm³/mol. The Labute approximate surface area is 139 Å². The number of nitrogens with zero attached hydrogens (tertiary/aromatic N) is 3.